The van der Waals surface area contributed by atoms with Gasteiger partial charge in [-0.2, -0.15) is 9.50 Å². The summed E-state index contributed by atoms with van der Waals surface area (Å²) in [4.78, 5) is 18.0. The zero-order valence-corrected chi connectivity index (χ0v) is 19.0. The Hall–Kier alpha value is -3.79. The fourth-order valence-corrected chi connectivity index (χ4v) is 4.23. The molecule has 0 amide bonds. The lowest BCUT2D eigenvalue weighted by atomic mass is 10.1. The molecule has 4 rings (SSSR count). The second kappa shape index (κ2) is 8.75. The molecule has 32 heavy (non-hydrogen) atoms. The van der Waals surface area contributed by atoms with Crippen molar-refractivity contribution in [1.82, 2.24) is 14.6 Å². The highest BCUT2D eigenvalue weighted by Crippen LogP contribution is 2.40. The second-order valence-electron chi connectivity index (χ2n) is 6.54. The molecular weight excluding hydrogens is 434 g/mol. The lowest BCUT2D eigenvalue weighted by Crippen LogP contribution is -2.23. The van der Waals surface area contributed by atoms with Gasteiger partial charge in [-0.15, -0.1) is 5.10 Å². The topological polar surface area (TPSA) is 93.4 Å². The SMILES string of the molecule is COc1cccc(C=c2sc3nc(-c4cc(OC)c(OC)c(OC)c4)nn3c2=O)c1OC. The molecule has 9 nitrogen and oxygen atoms in total. The van der Waals surface area contributed by atoms with Crippen LogP contribution in [0.1, 0.15) is 5.56 Å². The van der Waals surface area contributed by atoms with E-state index >= 15 is 0 Å². The van der Waals surface area contributed by atoms with Crippen LogP contribution in [-0.4, -0.2) is 50.1 Å². The van der Waals surface area contributed by atoms with Crippen molar-refractivity contribution in [2.45, 2.75) is 0 Å². The van der Waals surface area contributed by atoms with Gasteiger partial charge in [0.25, 0.3) is 5.56 Å². The fourth-order valence-electron chi connectivity index (χ4n) is 3.33. The van der Waals surface area contributed by atoms with E-state index in [2.05, 4.69) is 10.1 Å². The maximum absolute atomic E-state index is 13.0. The van der Waals surface area contributed by atoms with E-state index < -0.39 is 0 Å². The van der Waals surface area contributed by atoms with E-state index in [1.165, 1.54) is 37.2 Å². The van der Waals surface area contributed by atoms with Crippen LogP contribution in [0.25, 0.3) is 22.4 Å². The van der Waals surface area contributed by atoms with E-state index in [1.807, 2.05) is 12.1 Å². The molecule has 0 radical (unpaired) electrons. The first kappa shape index (κ1) is 21.4. The summed E-state index contributed by atoms with van der Waals surface area (Å²) >= 11 is 1.23. The highest BCUT2D eigenvalue weighted by atomic mass is 32.1. The molecule has 0 atom stereocenters. The molecule has 0 aliphatic rings. The summed E-state index contributed by atoms with van der Waals surface area (Å²) in [6.45, 7) is 0. The first-order chi connectivity index (χ1) is 15.5. The van der Waals surface area contributed by atoms with Gasteiger partial charge in [-0.25, -0.2) is 0 Å². The molecule has 10 heteroatoms. The van der Waals surface area contributed by atoms with E-state index in [0.29, 0.717) is 49.6 Å². The number of hydrogen-bond donors (Lipinski definition) is 0. The number of benzene rings is 2. The van der Waals surface area contributed by atoms with Crippen LogP contribution in [-0.2, 0) is 0 Å². The van der Waals surface area contributed by atoms with E-state index in [0.717, 1.165) is 5.56 Å². The van der Waals surface area contributed by atoms with Crippen molar-refractivity contribution in [3.05, 3.63) is 50.8 Å². The Morgan fingerprint density at radius 1 is 0.875 bits per heavy atom. The third-order valence-corrected chi connectivity index (χ3v) is 5.78. The summed E-state index contributed by atoms with van der Waals surface area (Å²) < 4.78 is 28.7. The zero-order valence-electron chi connectivity index (χ0n) is 18.2. The average molecular weight is 455 g/mol. The van der Waals surface area contributed by atoms with Gasteiger partial charge in [-0.3, -0.25) is 4.79 Å². The van der Waals surface area contributed by atoms with E-state index in [9.17, 15) is 4.79 Å². The van der Waals surface area contributed by atoms with Gasteiger partial charge in [0.05, 0.1) is 40.1 Å². The number of methoxy groups -OCH3 is 5. The minimum atomic E-state index is -0.277. The number of nitrogens with zero attached hydrogens (tertiary/aromatic N) is 3. The van der Waals surface area contributed by atoms with Crippen LogP contribution in [0.2, 0.25) is 0 Å². The average Bonchev–Trinajstić information content (AvgIpc) is 3.36. The van der Waals surface area contributed by atoms with E-state index in [4.69, 9.17) is 23.7 Å². The van der Waals surface area contributed by atoms with Gasteiger partial charge in [0.1, 0.15) is 0 Å². The van der Waals surface area contributed by atoms with Crippen molar-refractivity contribution in [3.8, 4) is 40.1 Å². The minimum absolute atomic E-state index is 0.277. The monoisotopic (exact) mass is 455 g/mol. The molecule has 4 aromatic rings. The van der Waals surface area contributed by atoms with Crippen molar-refractivity contribution < 1.29 is 23.7 Å². The van der Waals surface area contributed by atoms with Gasteiger partial charge in [0.2, 0.25) is 10.7 Å². The lowest BCUT2D eigenvalue weighted by molar-refractivity contribution is 0.324. The van der Waals surface area contributed by atoms with Gasteiger partial charge in [0.15, 0.2) is 28.8 Å². The summed E-state index contributed by atoms with van der Waals surface area (Å²) in [6.07, 6.45) is 1.74. The smallest absolute Gasteiger partial charge is 0.291 e. The summed E-state index contributed by atoms with van der Waals surface area (Å²) in [6, 6.07) is 8.94. The number of ether oxygens (including phenoxy) is 5. The van der Waals surface area contributed by atoms with Crippen molar-refractivity contribution in [2.24, 2.45) is 0 Å². The minimum Gasteiger partial charge on any atom is -0.493 e. The van der Waals surface area contributed by atoms with Crippen molar-refractivity contribution >= 4 is 22.4 Å². The number of aromatic nitrogens is 3. The Morgan fingerprint density at radius 3 is 2.09 bits per heavy atom. The zero-order chi connectivity index (χ0) is 22.8. The third kappa shape index (κ3) is 3.58. The molecule has 0 N–H and O–H groups in total. The normalized spacial score (nSPS) is 11.6. The maximum Gasteiger partial charge on any atom is 0.291 e. The molecule has 0 bridgehead atoms. The molecule has 2 aromatic heterocycles. The van der Waals surface area contributed by atoms with Crippen LogP contribution >= 0.6 is 11.3 Å². The van der Waals surface area contributed by atoms with E-state index in [-0.39, 0.29) is 5.56 Å². The van der Waals surface area contributed by atoms with Gasteiger partial charge in [-0.05, 0) is 24.3 Å². The first-order valence-electron chi connectivity index (χ1n) is 9.47. The van der Waals surface area contributed by atoms with Gasteiger partial charge >= 0.3 is 0 Å². The summed E-state index contributed by atoms with van der Waals surface area (Å²) in [7, 11) is 7.72. The number of hydrogen-bond acceptors (Lipinski definition) is 9. The molecule has 0 unspecified atom stereocenters. The van der Waals surface area contributed by atoms with Gasteiger partial charge in [-0.1, -0.05) is 23.5 Å². The Labute approximate surface area is 187 Å². The second-order valence-corrected chi connectivity index (χ2v) is 7.55. The molecule has 0 fully saturated rings. The highest BCUT2D eigenvalue weighted by Gasteiger charge is 2.18. The standard InChI is InChI=1S/C22H21N3O6S/c1-27-14-8-6-7-12(18(14)30-4)11-17-21(26)25-22(32-17)23-20(24-25)13-9-15(28-2)19(31-5)16(10-13)29-3/h6-11H,1-5H3. The number of rotatable bonds is 7. The molecule has 0 saturated heterocycles. The predicted molar refractivity (Wildman–Crippen MR) is 121 cm³/mol. The molecule has 0 aliphatic carbocycles. The maximum atomic E-state index is 13.0. The Bertz CT molecular complexity index is 1370. The largest absolute Gasteiger partial charge is 0.493 e. The molecule has 0 aliphatic heterocycles. The van der Waals surface area contributed by atoms with Crippen LogP contribution in [0.5, 0.6) is 28.7 Å². The summed E-state index contributed by atoms with van der Waals surface area (Å²) in [5.41, 5.74) is 1.08. The van der Waals surface area contributed by atoms with Crippen LogP contribution < -0.4 is 33.8 Å². The summed E-state index contributed by atoms with van der Waals surface area (Å²) in [5, 5.41) is 4.40. The van der Waals surface area contributed by atoms with Crippen LogP contribution in [0.4, 0.5) is 0 Å². The lowest BCUT2D eigenvalue weighted by Gasteiger charge is -2.12. The molecule has 0 spiro atoms. The quantitative estimate of drug-likeness (QED) is 0.420. The Kier molecular flexibility index (Phi) is 5.87. The van der Waals surface area contributed by atoms with Crippen molar-refractivity contribution in [2.75, 3.05) is 35.5 Å². The molecular formula is C22H21N3O6S. The fraction of sp³-hybridized carbons (Fsp3) is 0.227. The number of thiazole rings is 1. The molecule has 2 aromatic carbocycles. The van der Waals surface area contributed by atoms with Crippen LogP contribution in [0, 0.1) is 0 Å². The predicted octanol–water partition coefficient (Wildman–Crippen LogP) is 2.41. The van der Waals surface area contributed by atoms with Crippen molar-refractivity contribution in [3.63, 3.8) is 0 Å². The van der Waals surface area contributed by atoms with Gasteiger partial charge in [0, 0.05) is 11.1 Å². The van der Waals surface area contributed by atoms with Crippen molar-refractivity contribution in [1.29, 1.82) is 0 Å². The molecule has 2 heterocycles. The summed E-state index contributed by atoms with van der Waals surface area (Å²) in [5.74, 6) is 2.92. The molecule has 0 saturated carbocycles. The third-order valence-electron chi connectivity index (χ3n) is 4.82. The molecule has 166 valence electrons. The highest BCUT2D eigenvalue weighted by molar-refractivity contribution is 7.15. The number of fused-ring (bicyclic) bond motifs is 1. The van der Waals surface area contributed by atoms with Crippen LogP contribution in [0.15, 0.2) is 35.1 Å². The van der Waals surface area contributed by atoms with Gasteiger partial charge < -0.3 is 23.7 Å². The Morgan fingerprint density at radius 2 is 1.53 bits per heavy atom. The van der Waals surface area contributed by atoms with Crippen LogP contribution in [0.3, 0.4) is 0 Å². The number of para-hydroxylation sites is 1. The van der Waals surface area contributed by atoms with E-state index in [1.54, 1.807) is 38.5 Å². The Balaban J connectivity index is 1.82. The first-order valence-corrected chi connectivity index (χ1v) is 10.3.